The molecular weight excluding hydrogens is 244 g/mol. The highest BCUT2D eigenvalue weighted by molar-refractivity contribution is 5.92. The van der Waals surface area contributed by atoms with Crippen molar-refractivity contribution in [1.29, 1.82) is 0 Å². The van der Waals surface area contributed by atoms with E-state index in [1.807, 2.05) is 19.1 Å². The van der Waals surface area contributed by atoms with Gasteiger partial charge in [0.1, 0.15) is 11.1 Å². The van der Waals surface area contributed by atoms with Gasteiger partial charge in [0.05, 0.1) is 0 Å². The number of carbonyl (C=O) groups excluding carboxylic acids is 2. The molecule has 19 heavy (non-hydrogen) atoms. The zero-order valence-electron chi connectivity index (χ0n) is 12.2. The molecule has 1 aliphatic rings. The van der Waals surface area contributed by atoms with Crippen LogP contribution in [0.3, 0.4) is 0 Å². The quantitative estimate of drug-likeness (QED) is 0.593. The first-order valence-electron chi connectivity index (χ1n) is 6.70. The van der Waals surface area contributed by atoms with E-state index >= 15 is 0 Å². The SMILES string of the molecule is C/C=C/CCNC(=O)C1(NC(=O)OC(C)(C)C)CC1. The number of rotatable bonds is 5. The van der Waals surface area contributed by atoms with Crippen LogP contribution in [0.25, 0.3) is 0 Å². The van der Waals surface area contributed by atoms with Gasteiger partial charge in [0.15, 0.2) is 0 Å². The summed E-state index contributed by atoms with van der Waals surface area (Å²) >= 11 is 0. The molecule has 5 nitrogen and oxygen atoms in total. The number of ether oxygens (including phenoxy) is 1. The van der Waals surface area contributed by atoms with Crippen LogP contribution in [0.5, 0.6) is 0 Å². The maximum absolute atomic E-state index is 12.0. The predicted molar refractivity (Wildman–Crippen MR) is 73.8 cm³/mol. The number of amides is 2. The highest BCUT2D eigenvalue weighted by atomic mass is 16.6. The van der Waals surface area contributed by atoms with Crippen LogP contribution in [-0.2, 0) is 9.53 Å². The zero-order chi connectivity index (χ0) is 14.5. The molecular formula is C14H24N2O3. The third-order valence-electron chi connectivity index (χ3n) is 2.76. The van der Waals surface area contributed by atoms with E-state index in [1.165, 1.54) is 0 Å². The molecule has 1 aliphatic carbocycles. The van der Waals surface area contributed by atoms with Crippen LogP contribution < -0.4 is 10.6 Å². The average molecular weight is 268 g/mol. The van der Waals surface area contributed by atoms with Crippen molar-refractivity contribution in [2.24, 2.45) is 0 Å². The van der Waals surface area contributed by atoms with Crippen LogP contribution in [-0.4, -0.2) is 29.7 Å². The lowest BCUT2D eigenvalue weighted by molar-refractivity contribution is -0.124. The van der Waals surface area contributed by atoms with Gasteiger partial charge in [-0.05, 0) is 47.0 Å². The Morgan fingerprint density at radius 1 is 1.32 bits per heavy atom. The maximum atomic E-state index is 12.0. The third kappa shape index (κ3) is 5.32. The second kappa shape index (κ2) is 6.08. The molecule has 0 atom stereocenters. The van der Waals surface area contributed by atoms with Gasteiger partial charge in [-0.1, -0.05) is 12.2 Å². The third-order valence-corrected chi connectivity index (χ3v) is 2.76. The van der Waals surface area contributed by atoms with Crippen molar-refractivity contribution in [2.75, 3.05) is 6.54 Å². The molecule has 0 aromatic heterocycles. The maximum Gasteiger partial charge on any atom is 0.408 e. The van der Waals surface area contributed by atoms with Gasteiger partial charge < -0.3 is 15.4 Å². The van der Waals surface area contributed by atoms with Crippen LogP contribution in [0.4, 0.5) is 4.79 Å². The summed E-state index contributed by atoms with van der Waals surface area (Å²) in [4.78, 5) is 23.7. The van der Waals surface area contributed by atoms with Crippen molar-refractivity contribution in [3.63, 3.8) is 0 Å². The smallest absolute Gasteiger partial charge is 0.408 e. The van der Waals surface area contributed by atoms with Crippen LogP contribution in [0.15, 0.2) is 12.2 Å². The summed E-state index contributed by atoms with van der Waals surface area (Å²) < 4.78 is 5.17. The molecule has 2 amide bonds. The second-order valence-electron chi connectivity index (χ2n) is 5.82. The fraction of sp³-hybridized carbons (Fsp3) is 0.714. The zero-order valence-corrected chi connectivity index (χ0v) is 12.2. The molecule has 5 heteroatoms. The number of carbonyl (C=O) groups is 2. The molecule has 0 unspecified atom stereocenters. The first-order valence-corrected chi connectivity index (χ1v) is 6.70. The lowest BCUT2D eigenvalue weighted by atomic mass is 10.2. The molecule has 2 N–H and O–H groups in total. The van der Waals surface area contributed by atoms with Crippen molar-refractivity contribution in [1.82, 2.24) is 10.6 Å². The summed E-state index contributed by atoms with van der Waals surface area (Å²) in [7, 11) is 0. The van der Waals surface area contributed by atoms with Crippen molar-refractivity contribution in [3.8, 4) is 0 Å². The number of alkyl carbamates (subject to hydrolysis) is 1. The van der Waals surface area contributed by atoms with Crippen molar-refractivity contribution in [2.45, 2.75) is 58.1 Å². The standard InChI is InChI=1S/C14H24N2O3/c1-5-6-7-10-15-11(17)14(8-9-14)16-12(18)19-13(2,3)4/h5-6H,7-10H2,1-4H3,(H,15,17)(H,16,18)/b6-5+. The van der Waals surface area contributed by atoms with Crippen molar-refractivity contribution < 1.29 is 14.3 Å². The second-order valence-corrected chi connectivity index (χ2v) is 5.82. The first-order chi connectivity index (χ1) is 8.79. The van der Waals surface area contributed by atoms with E-state index in [-0.39, 0.29) is 5.91 Å². The predicted octanol–water partition coefficient (Wildman–Crippen LogP) is 2.13. The number of nitrogens with one attached hydrogen (secondary N) is 2. The average Bonchev–Trinajstić information content (AvgIpc) is 3.02. The Labute approximate surface area is 114 Å². The van der Waals surface area contributed by atoms with E-state index in [0.717, 1.165) is 6.42 Å². The van der Waals surface area contributed by atoms with Gasteiger partial charge in [-0.2, -0.15) is 0 Å². The molecule has 0 radical (unpaired) electrons. The summed E-state index contributed by atoms with van der Waals surface area (Å²) in [6.45, 7) is 7.91. The lowest BCUT2D eigenvalue weighted by Crippen LogP contribution is -2.50. The summed E-state index contributed by atoms with van der Waals surface area (Å²) in [5, 5.41) is 5.50. The summed E-state index contributed by atoms with van der Waals surface area (Å²) in [6, 6.07) is 0. The number of hydrogen-bond donors (Lipinski definition) is 2. The van der Waals surface area contributed by atoms with E-state index < -0.39 is 17.2 Å². The molecule has 0 aromatic rings. The number of hydrogen-bond acceptors (Lipinski definition) is 3. The van der Waals surface area contributed by atoms with Crippen molar-refractivity contribution in [3.05, 3.63) is 12.2 Å². The van der Waals surface area contributed by atoms with Gasteiger partial charge in [0, 0.05) is 6.54 Å². The Balaban J connectivity index is 2.39. The Bertz CT molecular complexity index is 365. The van der Waals surface area contributed by atoms with Crippen LogP contribution in [0.1, 0.15) is 47.0 Å². The summed E-state index contributed by atoms with van der Waals surface area (Å²) in [5.74, 6) is -0.122. The van der Waals surface area contributed by atoms with E-state index in [0.29, 0.717) is 19.4 Å². The minimum Gasteiger partial charge on any atom is -0.444 e. The molecule has 1 fully saturated rings. The fourth-order valence-corrected chi connectivity index (χ4v) is 1.64. The molecule has 0 aliphatic heterocycles. The molecule has 0 heterocycles. The van der Waals surface area contributed by atoms with E-state index in [1.54, 1.807) is 20.8 Å². The molecule has 1 saturated carbocycles. The van der Waals surface area contributed by atoms with E-state index in [4.69, 9.17) is 4.74 Å². The Morgan fingerprint density at radius 2 is 1.95 bits per heavy atom. The molecule has 108 valence electrons. The van der Waals surface area contributed by atoms with Gasteiger partial charge in [0.25, 0.3) is 0 Å². The van der Waals surface area contributed by atoms with E-state index in [9.17, 15) is 9.59 Å². The Kier molecular flexibility index (Phi) is 4.97. The molecule has 0 saturated heterocycles. The van der Waals surface area contributed by atoms with E-state index in [2.05, 4.69) is 10.6 Å². The number of allylic oxidation sites excluding steroid dienone is 1. The van der Waals surface area contributed by atoms with Gasteiger partial charge in [-0.25, -0.2) is 4.79 Å². The van der Waals surface area contributed by atoms with Crippen LogP contribution >= 0.6 is 0 Å². The normalized spacial score (nSPS) is 17.1. The van der Waals surface area contributed by atoms with Gasteiger partial charge in [0.2, 0.25) is 5.91 Å². The molecule has 0 bridgehead atoms. The molecule has 0 aromatic carbocycles. The highest BCUT2D eigenvalue weighted by Gasteiger charge is 2.51. The molecule has 1 rings (SSSR count). The van der Waals surface area contributed by atoms with Crippen LogP contribution in [0.2, 0.25) is 0 Å². The molecule has 0 spiro atoms. The minimum absolute atomic E-state index is 0.122. The summed E-state index contributed by atoms with van der Waals surface area (Å²) in [5.41, 5.74) is -1.30. The van der Waals surface area contributed by atoms with Gasteiger partial charge in [-0.3, -0.25) is 4.79 Å². The minimum atomic E-state index is -0.752. The van der Waals surface area contributed by atoms with Crippen molar-refractivity contribution >= 4 is 12.0 Å². The Morgan fingerprint density at radius 3 is 2.42 bits per heavy atom. The monoisotopic (exact) mass is 268 g/mol. The van der Waals surface area contributed by atoms with Crippen LogP contribution in [0, 0.1) is 0 Å². The summed E-state index contributed by atoms with van der Waals surface area (Å²) in [6.07, 6.45) is 5.53. The fourth-order valence-electron chi connectivity index (χ4n) is 1.64. The Hall–Kier alpha value is -1.52. The first kappa shape index (κ1) is 15.5. The van der Waals surface area contributed by atoms with Gasteiger partial charge >= 0.3 is 6.09 Å². The largest absolute Gasteiger partial charge is 0.444 e. The topological polar surface area (TPSA) is 67.4 Å². The van der Waals surface area contributed by atoms with Gasteiger partial charge in [-0.15, -0.1) is 0 Å². The lowest BCUT2D eigenvalue weighted by Gasteiger charge is -2.23. The highest BCUT2D eigenvalue weighted by Crippen LogP contribution is 2.35.